The lowest BCUT2D eigenvalue weighted by atomic mass is 10.1. The van der Waals surface area contributed by atoms with Gasteiger partial charge in [-0.15, -0.1) is 21.5 Å². The second-order valence-electron chi connectivity index (χ2n) is 5.99. The van der Waals surface area contributed by atoms with Gasteiger partial charge in [0.2, 0.25) is 5.91 Å². The van der Waals surface area contributed by atoms with Crippen LogP contribution in [0.5, 0.6) is 0 Å². The molecule has 1 amide bonds. The van der Waals surface area contributed by atoms with Gasteiger partial charge < -0.3 is 5.32 Å². The van der Waals surface area contributed by atoms with E-state index in [1.54, 1.807) is 17.7 Å². The van der Waals surface area contributed by atoms with Crippen molar-refractivity contribution in [2.24, 2.45) is 0 Å². The summed E-state index contributed by atoms with van der Waals surface area (Å²) in [5, 5.41) is 14.7. The van der Waals surface area contributed by atoms with Crippen LogP contribution in [0.1, 0.15) is 5.01 Å². The number of hydrogen-bond acceptors (Lipinski definition) is 6. The number of hydrogen-bond donors (Lipinski definition) is 1. The van der Waals surface area contributed by atoms with Crippen LogP contribution in [-0.2, 0) is 4.79 Å². The number of nitrogens with one attached hydrogen (secondary N) is 1. The van der Waals surface area contributed by atoms with Crippen molar-refractivity contribution in [2.75, 3.05) is 11.1 Å². The normalized spacial score (nSPS) is 10.8. The minimum atomic E-state index is -0.0979. The summed E-state index contributed by atoms with van der Waals surface area (Å²) in [4.78, 5) is 16.9. The third kappa shape index (κ3) is 4.29. The number of thioether (sulfide) groups is 1. The highest BCUT2D eigenvalue weighted by molar-refractivity contribution is 7.99. The molecular weight excluding hydrogens is 390 g/mol. The topological polar surface area (TPSA) is 72.7 Å². The highest BCUT2D eigenvalue weighted by atomic mass is 32.2. The van der Waals surface area contributed by atoms with Gasteiger partial charge in [-0.2, -0.15) is 0 Å². The first kappa shape index (κ1) is 18.4. The molecule has 0 aliphatic carbocycles. The number of anilines is 1. The molecule has 0 unspecified atom stereocenters. The molecule has 140 valence electrons. The van der Waals surface area contributed by atoms with E-state index in [0.29, 0.717) is 5.16 Å². The molecule has 2 aromatic heterocycles. The van der Waals surface area contributed by atoms with Gasteiger partial charge >= 0.3 is 0 Å². The summed E-state index contributed by atoms with van der Waals surface area (Å²) in [5.74, 6) is 0.144. The van der Waals surface area contributed by atoms with Gasteiger partial charge in [-0.3, -0.25) is 9.36 Å². The smallest absolute Gasteiger partial charge is 0.234 e. The molecule has 0 spiro atoms. The number of aromatic nitrogens is 4. The largest absolute Gasteiger partial charge is 0.325 e. The zero-order valence-electron chi connectivity index (χ0n) is 15.1. The molecule has 0 atom stereocenters. The van der Waals surface area contributed by atoms with Crippen LogP contribution in [-0.4, -0.2) is 31.4 Å². The van der Waals surface area contributed by atoms with E-state index in [1.807, 2.05) is 71.5 Å². The molecule has 0 saturated carbocycles. The molecule has 0 bridgehead atoms. The lowest BCUT2D eigenvalue weighted by Crippen LogP contribution is -2.14. The lowest BCUT2D eigenvalue weighted by molar-refractivity contribution is -0.113. The van der Waals surface area contributed by atoms with Crippen LogP contribution in [0.15, 0.2) is 71.5 Å². The van der Waals surface area contributed by atoms with Gasteiger partial charge in [0, 0.05) is 22.3 Å². The third-order valence-corrected chi connectivity index (χ3v) is 5.66. The molecule has 1 N–H and O–H groups in total. The quantitative estimate of drug-likeness (QED) is 0.479. The van der Waals surface area contributed by atoms with Crippen LogP contribution in [0, 0.1) is 6.92 Å². The van der Waals surface area contributed by atoms with Crippen LogP contribution >= 0.6 is 23.1 Å². The third-order valence-electron chi connectivity index (χ3n) is 3.94. The van der Waals surface area contributed by atoms with Gasteiger partial charge in [-0.25, -0.2) is 4.98 Å². The summed E-state index contributed by atoms with van der Waals surface area (Å²) < 4.78 is 1.86. The molecule has 28 heavy (non-hydrogen) atoms. The second-order valence-corrected chi connectivity index (χ2v) is 7.99. The Bertz CT molecular complexity index is 1090. The number of para-hydroxylation sites is 1. The summed E-state index contributed by atoms with van der Waals surface area (Å²) in [7, 11) is 0. The standard InChI is InChI=1S/C20H17N5OS2/c1-14-22-18(11-27-14)15-6-5-7-16(10-15)23-19(26)12-28-20-24-21-13-25(20)17-8-3-2-4-9-17/h2-11,13H,12H2,1H3,(H,23,26). The van der Waals surface area contributed by atoms with E-state index >= 15 is 0 Å². The molecule has 4 aromatic rings. The van der Waals surface area contributed by atoms with Crippen molar-refractivity contribution >= 4 is 34.7 Å². The van der Waals surface area contributed by atoms with Gasteiger partial charge in [0.05, 0.1) is 16.5 Å². The van der Waals surface area contributed by atoms with E-state index in [1.165, 1.54) is 11.8 Å². The maximum atomic E-state index is 12.4. The number of nitrogens with zero attached hydrogens (tertiary/aromatic N) is 4. The van der Waals surface area contributed by atoms with Gasteiger partial charge in [0.15, 0.2) is 5.16 Å². The SMILES string of the molecule is Cc1nc(-c2cccc(NC(=O)CSc3nncn3-c3ccccc3)c2)cs1. The number of benzene rings is 2. The molecule has 0 aliphatic rings. The molecule has 6 nitrogen and oxygen atoms in total. The monoisotopic (exact) mass is 407 g/mol. The van der Waals surface area contributed by atoms with Crippen molar-refractivity contribution in [3.8, 4) is 16.9 Å². The van der Waals surface area contributed by atoms with Gasteiger partial charge in [-0.05, 0) is 31.2 Å². The average molecular weight is 408 g/mol. The fourth-order valence-electron chi connectivity index (χ4n) is 2.67. The Kier molecular flexibility index (Phi) is 5.50. The molecule has 2 heterocycles. The predicted octanol–water partition coefficient (Wildman–Crippen LogP) is 4.43. The first-order chi connectivity index (χ1) is 13.7. The van der Waals surface area contributed by atoms with Crippen molar-refractivity contribution in [1.82, 2.24) is 19.7 Å². The highest BCUT2D eigenvalue weighted by Crippen LogP contribution is 2.25. The maximum Gasteiger partial charge on any atom is 0.234 e. The van der Waals surface area contributed by atoms with Crippen molar-refractivity contribution < 1.29 is 4.79 Å². The van der Waals surface area contributed by atoms with E-state index in [-0.39, 0.29) is 11.7 Å². The van der Waals surface area contributed by atoms with Crippen LogP contribution in [0.3, 0.4) is 0 Å². The number of carbonyl (C=O) groups excluding carboxylic acids is 1. The minimum absolute atomic E-state index is 0.0979. The zero-order valence-corrected chi connectivity index (χ0v) is 16.7. The Morgan fingerprint density at radius 2 is 2.04 bits per heavy atom. The first-order valence-electron chi connectivity index (χ1n) is 8.60. The van der Waals surface area contributed by atoms with E-state index in [2.05, 4.69) is 20.5 Å². The molecule has 8 heteroatoms. The number of aryl methyl sites for hydroxylation is 1. The van der Waals surface area contributed by atoms with Crippen molar-refractivity contribution in [3.05, 3.63) is 71.3 Å². The Morgan fingerprint density at radius 3 is 2.82 bits per heavy atom. The fraction of sp³-hybridized carbons (Fsp3) is 0.100. The molecule has 0 radical (unpaired) electrons. The maximum absolute atomic E-state index is 12.4. The lowest BCUT2D eigenvalue weighted by Gasteiger charge is -2.08. The minimum Gasteiger partial charge on any atom is -0.325 e. The molecule has 0 saturated heterocycles. The van der Waals surface area contributed by atoms with E-state index in [9.17, 15) is 4.79 Å². The summed E-state index contributed by atoms with van der Waals surface area (Å²) >= 11 is 2.95. The van der Waals surface area contributed by atoms with Gasteiger partial charge in [0.1, 0.15) is 6.33 Å². The number of carbonyl (C=O) groups is 1. The Morgan fingerprint density at radius 1 is 1.18 bits per heavy atom. The van der Waals surface area contributed by atoms with E-state index in [4.69, 9.17) is 0 Å². The first-order valence-corrected chi connectivity index (χ1v) is 10.5. The van der Waals surface area contributed by atoms with Gasteiger partial charge in [-0.1, -0.05) is 42.1 Å². The molecule has 0 aliphatic heterocycles. The van der Waals surface area contributed by atoms with Crippen molar-refractivity contribution in [2.45, 2.75) is 12.1 Å². The van der Waals surface area contributed by atoms with Crippen LogP contribution < -0.4 is 5.32 Å². The summed E-state index contributed by atoms with van der Waals surface area (Å²) in [6.07, 6.45) is 1.65. The summed E-state index contributed by atoms with van der Waals surface area (Å²) in [6, 6.07) is 17.5. The van der Waals surface area contributed by atoms with Crippen molar-refractivity contribution in [1.29, 1.82) is 0 Å². The van der Waals surface area contributed by atoms with E-state index in [0.717, 1.165) is 27.6 Å². The average Bonchev–Trinajstić information content (AvgIpc) is 3.36. The Hall–Kier alpha value is -2.97. The van der Waals surface area contributed by atoms with Crippen LogP contribution in [0.2, 0.25) is 0 Å². The number of amides is 1. The summed E-state index contributed by atoms with van der Waals surface area (Å²) in [6.45, 7) is 1.98. The van der Waals surface area contributed by atoms with Crippen molar-refractivity contribution in [3.63, 3.8) is 0 Å². The summed E-state index contributed by atoms with van der Waals surface area (Å²) in [5.41, 5.74) is 3.61. The predicted molar refractivity (Wildman–Crippen MR) is 113 cm³/mol. The van der Waals surface area contributed by atoms with Gasteiger partial charge in [0.25, 0.3) is 0 Å². The van der Waals surface area contributed by atoms with E-state index < -0.39 is 0 Å². The zero-order chi connectivity index (χ0) is 19.3. The Labute approximate surface area is 170 Å². The highest BCUT2D eigenvalue weighted by Gasteiger charge is 2.11. The van der Waals surface area contributed by atoms with Crippen LogP contribution in [0.4, 0.5) is 5.69 Å². The molecular formula is C20H17N5OS2. The number of thiazole rings is 1. The molecule has 0 fully saturated rings. The molecule has 4 rings (SSSR count). The second kappa shape index (κ2) is 8.37. The molecule has 2 aromatic carbocycles. The number of rotatable bonds is 6. The fourth-order valence-corrected chi connectivity index (χ4v) is 4.02. The van der Waals surface area contributed by atoms with Crippen LogP contribution in [0.25, 0.3) is 16.9 Å². The Balaban J connectivity index is 1.40.